The first-order chi connectivity index (χ1) is 8.92. The molecular weight excluding hydrogens is 264 g/mol. The van der Waals surface area contributed by atoms with Crippen LogP contribution < -0.4 is 0 Å². The Labute approximate surface area is 115 Å². The van der Waals surface area contributed by atoms with E-state index in [0.29, 0.717) is 5.16 Å². The number of methoxy groups -OCH3 is 1. The number of nitrogens with zero attached hydrogens (tertiary/aromatic N) is 1. The molecule has 1 aromatic heterocycles. The molecule has 2 rings (SSSR count). The number of rotatable bonds is 4. The normalized spacial score (nSPS) is 14.3. The Kier molecular flexibility index (Phi) is 3.82. The third kappa shape index (κ3) is 3.08. The number of esters is 1. The van der Waals surface area contributed by atoms with Crippen molar-refractivity contribution in [2.24, 2.45) is 0 Å². The number of thioether (sulfide) groups is 1. The predicted octanol–water partition coefficient (Wildman–Crippen LogP) is 1.89. The fraction of sp³-hybridized carbons (Fsp3) is 0.385. The number of aliphatic hydroxyl groups is 1. The van der Waals surface area contributed by atoms with Gasteiger partial charge in [0.1, 0.15) is 0 Å². The number of benzene rings is 1. The number of fused-ring (bicyclic) bond motifs is 1. The molecule has 5 nitrogen and oxygen atoms in total. The van der Waals surface area contributed by atoms with Crippen molar-refractivity contribution in [3.8, 4) is 0 Å². The molecule has 6 heteroatoms. The second-order valence-electron chi connectivity index (χ2n) is 4.62. The van der Waals surface area contributed by atoms with E-state index in [-0.39, 0.29) is 5.75 Å². The molecule has 0 aliphatic heterocycles. The fourth-order valence-corrected chi connectivity index (χ4v) is 2.54. The summed E-state index contributed by atoms with van der Waals surface area (Å²) in [5.41, 5.74) is 1.44. The molecule has 0 aliphatic carbocycles. The number of carbonyl (C=O) groups excluding carboxylic acids is 1. The topological polar surface area (TPSA) is 75.2 Å². The van der Waals surface area contributed by atoms with Crippen LogP contribution in [-0.2, 0) is 9.53 Å². The minimum absolute atomic E-state index is 0.179. The second kappa shape index (κ2) is 5.22. The number of aryl methyl sites for hydroxylation is 1. The molecule has 1 unspecified atom stereocenters. The summed E-state index contributed by atoms with van der Waals surface area (Å²) in [6.45, 7) is 3.44. The maximum atomic E-state index is 11.4. The summed E-state index contributed by atoms with van der Waals surface area (Å²) in [5, 5.41) is 10.6. The summed E-state index contributed by atoms with van der Waals surface area (Å²) in [7, 11) is 1.26. The lowest BCUT2D eigenvalue weighted by Crippen LogP contribution is -2.38. The van der Waals surface area contributed by atoms with Crippen molar-refractivity contribution in [3.05, 3.63) is 23.8 Å². The molecular formula is C13H16N2O3S. The number of aromatic amines is 1. The van der Waals surface area contributed by atoms with Gasteiger partial charge >= 0.3 is 5.97 Å². The molecule has 0 fully saturated rings. The van der Waals surface area contributed by atoms with Crippen molar-refractivity contribution in [2.75, 3.05) is 12.9 Å². The molecule has 0 amide bonds. The second-order valence-corrected chi connectivity index (χ2v) is 5.58. The number of ether oxygens (including phenoxy) is 1. The van der Waals surface area contributed by atoms with Crippen LogP contribution in [0.5, 0.6) is 0 Å². The highest BCUT2D eigenvalue weighted by Crippen LogP contribution is 2.24. The van der Waals surface area contributed by atoms with E-state index in [9.17, 15) is 9.90 Å². The quantitative estimate of drug-likeness (QED) is 0.660. The van der Waals surface area contributed by atoms with Gasteiger partial charge in [-0.25, -0.2) is 9.78 Å². The Morgan fingerprint density at radius 2 is 2.32 bits per heavy atom. The molecule has 0 saturated heterocycles. The van der Waals surface area contributed by atoms with Crippen LogP contribution in [0, 0.1) is 6.92 Å². The SMILES string of the molecule is COC(=O)C(C)(O)CSc1nc2ccc(C)cc2[nH]1. The van der Waals surface area contributed by atoms with E-state index in [2.05, 4.69) is 14.7 Å². The van der Waals surface area contributed by atoms with Crippen LogP contribution in [0.25, 0.3) is 11.0 Å². The van der Waals surface area contributed by atoms with Gasteiger partial charge in [0.05, 0.1) is 18.1 Å². The number of nitrogens with one attached hydrogen (secondary N) is 1. The Morgan fingerprint density at radius 1 is 1.58 bits per heavy atom. The predicted molar refractivity (Wildman–Crippen MR) is 74.2 cm³/mol. The van der Waals surface area contributed by atoms with Gasteiger partial charge in [0.25, 0.3) is 0 Å². The van der Waals surface area contributed by atoms with Crippen LogP contribution in [0.15, 0.2) is 23.4 Å². The summed E-state index contributed by atoms with van der Waals surface area (Å²) in [6.07, 6.45) is 0. The molecule has 1 atom stereocenters. The van der Waals surface area contributed by atoms with E-state index < -0.39 is 11.6 Å². The van der Waals surface area contributed by atoms with Crippen LogP contribution >= 0.6 is 11.8 Å². The summed E-state index contributed by atoms with van der Waals surface area (Å²) in [4.78, 5) is 18.9. The highest BCUT2D eigenvalue weighted by molar-refractivity contribution is 7.99. The Morgan fingerprint density at radius 3 is 3.00 bits per heavy atom. The number of carbonyl (C=O) groups is 1. The van der Waals surface area contributed by atoms with Gasteiger partial charge in [0.2, 0.25) is 0 Å². The van der Waals surface area contributed by atoms with Gasteiger partial charge in [-0.05, 0) is 31.5 Å². The van der Waals surface area contributed by atoms with E-state index in [0.717, 1.165) is 16.6 Å². The lowest BCUT2D eigenvalue weighted by atomic mass is 10.1. The fourth-order valence-electron chi connectivity index (χ4n) is 1.66. The Hall–Kier alpha value is -1.53. The molecule has 1 heterocycles. The van der Waals surface area contributed by atoms with E-state index in [1.54, 1.807) is 0 Å². The minimum Gasteiger partial charge on any atom is -0.467 e. The third-order valence-electron chi connectivity index (χ3n) is 2.73. The number of H-pyrrole nitrogens is 1. The first kappa shape index (κ1) is 13.9. The first-order valence-corrected chi connectivity index (χ1v) is 6.81. The van der Waals surface area contributed by atoms with Crippen LogP contribution in [0.2, 0.25) is 0 Å². The molecule has 102 valence electrons. The highest BCUT2D eigenvalue weighted by atomic mass is 32.2. The maximum absolute atomic E-state index is 11.4. The van der Waals surface area contributed by atoms with Gasteiger partial charge in [-0.3, -0.25) is 0 Å². The Balaban J connectivity index is 2.12. The van der Waals surface area contributed by atoms with Crippen molar-refractivity contribution in [2.45, 2.75) is 24.6 Å². The third-order valence-corrected chi connectivity index (χ3v) is 3.90. The average Bonchev–Trinajstić information content (AvgIpc) is 2.77. The maximum Gasteiger partial charge on any atom is 0.338 e. The molecule has 2 N–H and O–H groups in total. The number of hydrogen-bond donors (Lipinski definition) is 2. The molecule has 0 saturated carbocycles. The highest BCUT2D eigenvalue weighted by Gasteiger charge is 2.31. The van der Waals surface area contributed by atoms with Crippen molar-refractivity contribution < 1.29 is 14.6 Å². The Bertz CT molecular complexity index is 607. The summed E-state index contributed by atoms with van der Waals surface area (Å²) < 4.78 is 4.55. The zero-order valence-corrected chi connectivity index (χ0v) is 11.9. The summed E-state index contributed by atoms with van der Waals surface area (Å²) in [5.74, 6) is -0.467. The monoisotopic (exact) mass is 280 g/mol. The van der Waals surface area contributed by atoms with Gasteiger partial charge in [0, 0.05) is 5.75 Å². The number of aromatic nitrogens is 2. The molecule has 0 aliphatic rings. The van der Waals surface area contributed by atoms with E-state index in [1.165, 1.54) is 25.8 Å². The molecule has 0 bridgehead atoms. The van der Waals surface area contributed by atoms with Gasteiger partial charge in [-0.2, -0.15) is 0 Å². The molecule has 1 aromatic carbocycles. The van der Waals surface area contributed by atoms with Crippen molar-refractivity contribution in [1.29, 1.82) is 0 Å². The minimum atomic E-state index is -1.52. The number of hydrogen-bond acceptors (Lipinski definition) is 5. The average molecular weight is 280 g/mol. The molecule has 0 spiro atoms. The number of imidazole rings is 1. The van der Waals surface area contributed by atoms with Crippen molar-refractivity contribution >= 4 is 28.8 Å². The van der Waals surface area contributed by atoms with Crippen molar-refractivity contribution in [3.63, 3.8) is 0 Å². The van der Waals surface area contributed by atoms with Crippen molar-refractivity contribution in [1.82, 2.24) is 9.97 Å². The van der Waals surface area contributed by atoms with Crippen LogP contribution in [0.1, 0.15) is 12.5 Å². The first-order valence-electron chi connectivity index (χ1n) is 5.82. The molecule has 19 heavy (non-hydrogen) atoms. The van der Waals surface area contributed by atoms with Gasteiger partial charge in [-0.1, -0.05) is 17.8 Å². The van der Waals surface area contributed by atoms with Crippen LogP contribution in [0.4, 0.5) is 0 Å². The largest absolute Gasteiger partial charge is 0.467 e. The lowest BCUT2D eigenvalue weighted by Gasteiger charge is -2.18. The van der Waals surface area contributed by atoms with Crippen LogP contribution in [0.3, 0.4) is 0 Å². The molecule has 2 aromatic rings. The zero-order chi connectivity index (χ0) is 14.0. The zero-order valence-electron chi connectivity index (χ0n) is 11.1. The van der Waals surface area contributed by atoms with E-state index in [1.807, 2.05) is 25.1 Å². The van der Waals surface area contributed by atoms with Gasteiger partial charge in [0.15, 0.2) is 10.8 Å². The smallest absolute Gasteiger partial charge is 0.338 e. The lowest BCUT2D eigenvalue weighted by molar-refractivity contribution is -0.158. The summed E-state index contributed by atoms with van der Waals surface area (Å²) in [6, 6.07) is 5.93. The van der Waals surface area contributed by atoms with Gasteiger partial charge in [-0.15, -0.1) is 0 Å². The van der Waals surface area contributed by atoms with E-state index >= 15 is 0 Å². The van der Waals surface area contributed by atoms with Crippen LogP contribution in [-0.4, -0.2) is 39.5 Å². The van der Waals surface area contributed by atoms with Gasteiger partial charge < -0.3 is 14.8 Å². The van der Waals surface area contributed by atoms with E-state index in [4.69, 9.17) is 0 Å². The molecule has 0 radical (unpaired) electrons. The standard InChI is InChI=1S/C13H16N2O3S/c1-8-4-5-9-10(6-8)15-12(14-9)19-7-13(2,17)11(16)18-3/h4-6,17H,7H2,1-3H3,(H,14,15). The summed E-state index contributed by atoms with van der Waals surface area (Å²) >= 11 is 1.29.